The van der Waals surface area contributed by atoms with Gasteiger partial charge >= 0.3 is 0 Å². The first-order valence-electron chi connectivity index (χ1n) is 8.23. The van der Waals surface area contributed by atoms with Gasteiger partial charge < -0.3 is 19.7 Å². The zero-order valence-corrected chi connectivity index (χ0v) is 15.8. The molecule has 26 heavy (non-hydrogen) atoms. The summed E-state index contributed by atoms with van der Waals surface area (Å²) in [7, 11) is 3.07. The summed E-state index contributed by atoms with van der Waals surface area (Å²) in [6.45, 7) is 5.25. The van der Waals surface area contributed by atoms with Crippen molar-refractivity contribution in [3.63, 3.8) is 0 Å². The molecule has 0 fully saturated rings. The highest BCUT2D eigenvalue weighted by atomic mass is 16.5. The third kappa shape index (κ3) is 4.53. The average molecular weight is 356 g/mol. The van der Waals surface area contributed by atoms with Crippen LogP contribution in [0.1, 0.15) is 18.1 Å². The molecule has 2 aromatic rings. The molecule has 0 aliphatic heterocycles. The molecule has 0 atom stereocenters. The Kier molecular flexibility index (Phi) is 6.22. The number of aryl methyl sites for hydroxylation is 2. The molecule has 138 valence electrons. The van der Waals surface area contributed by atoms with Gasteiger partial charge in [-0.2, -0.15) is 0 Å². The molecule has 2 rings (SSSR count). The normalized spacial score (nSPS) is 10.2. The Morgan fingerprint density at radius 2 is 1.77 bits per heavy atom. The molecule has 6 nitrogen and oxygen atoms in total. The van der Waals surface area contributed by atoms with Gasteiger partial charge in [-0.15, -0.1) is 0 Å². The van der Waals surface area contributed by atoms with Gasteiger partial charge in [0.2, 0.25) is 11.8 Å². The molecule has 0 heterocycles. The summed E-state index contributed by atoms with van der Waals surface area (Å²) in [5.74, 6) is 0.579. The first kappa shape index (κ1) is 19.3. The van der Waals surface area contributed by atoms with Crippen molar-refractivity contribution in [1.82, 2.24) is 0 Å². The van der Waals surface area contributed by atoms with Gasteiger partial charge in [0.15, 0.2) is 0 Å². The highest BCUT2D eigenvalue weighted by Gasteiger charge is 2.19. The van der Waals surface area contributed by atoms with E-state index >= 15 is 0 Å². The van der Waals surface area contributed by atoms with Gasteiger partial charge in [-0.25, -0.2) is 0 Å². The minimum Gasteiger partial charge on any atom is -0.497 e. The fraction of sp³-hybridized carbons (Fsp3) is 0.300. The van der Waals surface area contributed by atoms with Gasteiger partial charge in [0.1, 0.15) is 18.0 Å². The van der Waals surface area contributed by atoms with Crippen LogP contribution in [0.15, 0.2) is 36.4 Å². The van der Waals surface area contributed by atoms with Crippen molar-refractivity contribution in [2.75, 3.05) is 31.0 Å². The maximum Gasteiger partial charge on any atom is 0.244 e. The third-order valence-electron chi connectivity index (χ3n) is 4.01. The Labute approximate surface area is 153 Å². The van der Waals surface area contributed by atoms with E-state index in [2.05, 4.69) is 5.32 Å². The van der Waals surface area contributed by atoms with Crippen LogP contribution in [0, 0.1) is 13.8 Å². The first-order valence-corrected chi connectivity index (χ1v) is 8.23. The van der Waals surface area contributed by atoms with Crippen LogP contribution < -0.4 is 19.7 Å². The Morgan fingerprint density at radius 1 is 1.04 bits per heavy atom. The van der Waals surface area contributed by atoms with Crippen LogP contribution in [0.5, 0.6) is 11.5 Å². The molecule has 2 aromatic carbocycles. The van der Waals surface area contributed by atoms with Gasteiger partial charge in [0.25, 0.3) is 0 Å². The molecular formula is C20H24N2O4. The summed E-state index contributed by atoms with van der Waals surface area (Å²) in [5.41, 5.74) is 3.24. The van der Waals surface area contributed by atoms with Crippen LogP contribution in [0.2, 0.25) is 0 Å². The van der Waals surface area contributed by atoms with Crippen LogP contribution in [0.3, 0.4) is 0 Å². The van der Waals surface area contributed by atoms with Crippen LogP contribution in [0.25, 0.3) is 0 Å². The number of ether oxygens (including phenoxy) is 2. The zero-order chi connectivity index (χ0) is 19.3. The standard InChI is InChI=1S/C20H24N2O4/c1-13-6-8-18(14(2)10-13)22(15(3)23)12-20(24)21-17-11-16(25-4)7-9-19(17)26-5/h6-11H,12H2,1-5H3,(H,21,24). The molecule has 6 heteroatoms. The summed E-state index contributed by atoms with van der Waals surface area (Å²) in [4.78, 5) is 26.1. The van der Waals surface area contributed by atoms with E-state index in [1.165, 1.54) is 18.9 Å². The van der Waals surface area contributed by atoms with Crippen molar-refractivity contribution >= 4 is 23.2 Å². The number of nitrogens with one attached hydrogen (secondary N) is 1. The summed E-state index contributed by atoms with van der Waals surface area (Å²) in [6, 6.07) is 10.9. The maximum atomic E-state index is 12.5. The van der Waals surface area contributed by atoms with Crippen molar-refractivity contribution in [3.8, 4) is 11.5 Å². The monoisotopic (exact) mass is 356 g/mol. The van der Waals surface area contributed by atoms with Crippen molar-refractivity contribution in [1.29, 1.82) is 0 Å². The van der Waals surface area contributed by atoms with E-state index in [1.54, 1.807) is 25.3 Å². The summed E-state index contributed by atoms with van der Waals surface area (Å²) >= 11 is 0. The lowest BCUT2D eigenvalue weighted by Crippen LogP contribution is -2.37. The summed E-state index contributed by atoms with van der Waals surface area (Å²) in [5, 5.41) is 2.78. The van der Waals surface area contributed by atoms with Gasteiger partial charge in [0, 0.05) is 18.7 Å². The topological polar surface area (TPSA) is 67.9 Å². The summed E-state index contributed by atoms with van der Waals surface area (Å²) in [6.07, 6.45) is 0. The minimum atomic E-state index is -0.327. The Bertz CT molecular complexity index is 817. The van der Waals surface area contributed by atoms with Gasteiger partial charge in [-0.05, 0) is 37.6 Å². The molecule has 0 bridgehead atoms. The van der Waals surface area contributed by atoms with E-state index < -0.39 is 0 Å². The number of nitrogens with zero attached hydrogens (tertiary/aromatic N) is 1. The van der Waals surface area contributed by atoms with Crippen LogP contribution in [-0.2, 0) is 9.59 Å². The molecular weight excluding hydrogens is 332 g/mol. The second-order valence-corrected chi connectivity index (χ2v) is 6.01. The molecule has 0 spiro atoms. The number of benzene rings is 2. The van der Waals surface area contributed by atoms with E-state index in [1.807, 2.05) is 32.0 Å². The first-order chi connectivity index (χ1) is 12.3. The fourth-order valence-corrected chi connectivity index (χ4v) is 2.72. The van der Waals surface area contributed by atoms with Crippen molar-refractivity contribution < 1.29 is 19.1 Å². The molecule has 0 unspecified atom stereocenters. The van der Waals surface area contributed by atoms with Crippen LogP contribution in [0.4, 0.5) is 11.4 Å². The number of anilines is 2. The van der Waals surface area contributed by atoms with E-state index in [0.717, 1.165) is 16.8 Å². The molecule has 2 amide bonds. The predicted molar refractivity (Wildman–Crippen MR) is 102 cm³/mol. The third-order valence-corrected chi connectivity index (χ3v) is 4.01. The maximum absolute atomic E-state index is 12.5. The lowest BCUT2D eigenvalue weighted by Gasteiger charge is -2.23. The number of methoxy groups -OCH3 is 2. The van der Waals surface area contributed by atoms with Crippen molar-refractivity contribution in [2.24, 2.45) is 0 Å². The van der Waals surface area contributed by atoms with E-state index in [9.17, 15) is 9.59 Å². The Balaban J connectivity index is 2.22. The van der Waals surface area contributed by atoms with E-state index in [0.29, 0.717) is 17.2 Å². The molecule has 0 aliphatic carbocycles. The molecule has 0 saturated heterocycles. The molecule has 0 saturated carbocycles. The molecule has 0 aliphatic rings. The van der Waals surface area contributed by atoms with E-state index in [-0.39, 0.29) is 18.4 Å². The van der Waals surface area contributed by atoms with Crippen LogP contribution >= 0.6 is 0 Å². The molecule has 1 N–H and O–H groups in total. The number of hydrogen-bond acceptors (Lipinski definition) is 4. The summed E-state index contributed by atoms with van der Waals surface area (Å²) < 4.78 is 10.4. The number of amides is 2. The van der Waals surface area contributed by atoms with E-state index in [4.69, 9.17) is 9.47 Å². The predicted octanol–water partition coefficient (Wildman–Crippen LogP) is 3.31. The highest BCUT2D eigenvalue weighted by molar-refractivity contribution is 6.02. The SMILES string of the molecule is COc1ccc(OC)c(NC(=O)CN(C(C)=O)c2ccc(C)cc2C)c1. The average Bonchev–Trinajstić information content (AvgIpc) is 2.60. The second kappa shape index (κ2) is 8.38. The lowest BCUT2D eigenvalue weighted by molar-refractivity contribution is -0.120. The number of carbonyl (C=O) groups is 2. The molecule has 0 radical (unpaired) electrons. The molecule has 0 aromatic heterocycles. The second-order valence-electron chi connectivity index (χ2n) is 6.01. The minimum absolute atomic E-state index is 0.0976. The zero-order valence-electron chi connectivity index (χ0n) is 15.8. The Hall–Kier alpha value is -3.02. The quantitative estimate of drug-likeness (QED) is 0.862. The fourth-order valence-electron chi connectivity index (χ4n) is 2.72. The van der Waals surface area contributed by atoms with Crippen molar-refractivity contribution in [3.05, 3.63) is 47.5 Å². The van der Waals surface area contributed by atoms with Crippen LogP contribution in [-0.4, -0.2) is 32.6 Å². The number of hydrogen-bond donors (Lipinski definition) is 1. The van der Waals surface area contributed by atoms with Crippen molar-refractivity contribution in [2.45, 2.75) is 20.8 Å². The van der Waals surface area contributed by atoms with Gasteiger partial charge in [-0.1, -0.05) is 17.7 Å². The lowest BCUT2D eigenvalue weighted by atomic mass is 10.1. The van der Waals surface area contributed by atoms with Gasteiger partial charge in [0.05, 0.1) is 19.9 Å². The Morgan fingerprint density at radius 3 is 2.35 bits per heavy atom. The smallest absolute Gasteiger partial charge is 0.244 e. The van der Waals surface area contributed by atoms with Gasteiger partial charge in [-0.3, -0.25) is 9.59 Å². The number of carbonyl (C=O) groups excluding carboxylic acids is 2. The largest absolute Gasteiger partial charge is 0.497 e. The highest BCUT2D eigenvalue weighted by Crippen LogP contribution is 2.29. The number of rotatable bonds is 6.